The summed E-state index contributed by atoms with van der Waals surface area (Å²) in [4.78, 5) is 27.4. The predicted octanol–water partition coefficient (Wildman–Crippen LogP) is 1.43. The highest BCUT2D eigenvalue weighted by Crippen LogP contribution is 2.27. The maximum atomic E-state index is 12.1. The molecule has 4 N–H and O–H groups in total. The van der Waals surface area contributed by atoms with Crippen molar-refractivity contribution in [3.63, 3.8) is 0 Å². The molecule has 0 spiro atoms. The molecule has 0 aromatic carbocycles. The fourth-order valence-corrected chi connectivity index (χ4v) is 2.67. The number of amides is 1. The van der Waals surface area contributed by atoms with E-state index in [1.807, 2.05) is 0 Å². The molecule has 1 aliphatic carbocycles. The van der Waals surface area contributed by atoms with E-state index in [1.165, 1.54) is 6.20 Å². The number of nitrogens with two attached hydrogens (primary N) is 1. The summed E-state index contributed by atoms with van der Waals surface area (Å²) in [6.45, 7) is 0. The van der Waals surface area contributed by atoms with Crippen LogP contribution in [-0.4, -0.2) is 28.0 Å². The van der Waals surface area contributed by atoms with Crippen LogP contribution in [-0.2, 0) is 4.79 Å². The Morgan fingerprint density at radius 3 is 2.65 bits per heavy atom. The average molecular weight is 277 g/mol. The van der Waals surface area contributed by atoms with Crippen LogP contribution in [0.4, 0.5) is 5.69 Å². The first-order valence-electron chi connectivity index (χ1n) is 6.83. The first kappa shape index (κ1) is 14.3. The number of nitrogens with one attached hydrogen (secondary N) is 1. The maximum Gasteiger partial charge on any atom is 0.326 e. The molecule has 0 saturated heterocycles. The molecule has 108 valence electrons. The molecule has 1 unspecified atom stereocenters. The molecule has 2 rings (SSSR count). The van der Waals surface area contributed by atoms with Gasteiger partial charge in [0.15, 0.2) is 5.69 Å². The van der Waals surface area contributed by atoms with Crippen LogP contribution in [0.3, 0.4) is 0 Å². The van der Waals surface area contributed by atoms with Gasteiger partial charge in [-0.3, -0.25) is 4.79 Å². The zero-order chi connectivity index (χ0) is 14.5. The lowest BCUT2D eigenvalue weighted by Crippen LogP contribution is -2.46. The van der Waals surface area contributed by atoms with Crippen molar-refractivity contribution in [1.29, 1.82) is 0 Å². The van der Waals surface area contributed by atoms with E-state index in [2.05, 4.69) is 10.3 Å². The lowest BCUT2D eigenvalue weighted by atomic mass is 9.84. The lowest BCUT2D eigenvalue weighted by Gasteiger charge is -2.28. The monoisotopic (exact) mass is 277 g/mol. The van der Waals surface area contributed by atoms with Gasteiger partial charge in [-0.2, -0.15) is 0 Å². The van der Waals surface area contributed by atoms with Gasteiger partial charge in [0.25, 0.3) is 5.91 Å². The van der Waals surface area contributed by atoms with Crippen molar-refractivity contribution in [2.45, 2.75) is 38.1 Å². The van der Waals surface area contributed by atoms with Crippen molar-refractivity contribution in [2.75, 3.05) is 5.73 Å². The summed E-state index contributed by atoms with van der Waals surface area (Å²) in [5.74, 6) is -1.55. The van der Waals surface area contributed by atoms with E-state index in [9.17, 15) is 14.7 Å². The summed E-state index contributed by atoms with van der Waals surface area (Å²) in [6.07, 6.45) is 6.27. The van der Waals surface area contributed by atoms with Crippen molar-refractivity contribution in [1.82, 2.24) is 10.3 Å². The number of anilines is 1. The number of aromatic nitrogens is 1. The summed E-state index contributed by atoms with van der Waals surface area (Å²) in [5.41, 5.74) is 6.01. The number of pyridine rings is 1. The van der Waals surface area contributed by atoms with Gasteiger partial charge in [-0.15, -0.1) is 0 Å². The van der Waals surface area contributed by atoms with E-state index >= 15 is 0 Å². The molecule has 1 saturated carbocycles. The molecule has 6 nitrogen and oxygen atoms in total. The van der Waals surface area contributed by atoms with Crippen molar-refractivity contribution >= 4 is 17.6 Å². The van der Waals surface area contributed by atoms with Crippen molar-refractivity contribution in [3.05, 3.63) is 24.0 Å². The Morgan fingerprint density at radius 2 is 2.05 bits per heavy atom. The number of nitrogens with zero attached hydrogens (tertiary/aromatic N) is 1. The zero-order valence-corrected chi connectivity index (χ0v) is 11.2. The first-order valence-corrected chi connectivity index (χ1v) is 6.83. The standard InChI is InChI=1S/C14H19N3O3/c15-10-7-4-8-16-12(10)13(18)17-11(14(19)20)9-5-2-1-3-6-9/h4,7-9,11H,1-3,5-6,15H2,(H,17,18)(H,19,20). The molecule has 1 amide bonds. The van der Waals surface area contributed by atoms with E-state index in [0.29, 0.717) is 0 Å². The van der Waals surface area contributed by atoms with Gasteiger partial charge in [-0.25, -0.2) is 9.78 Å². The van der Waals surface area contributed by atoms with Crippen LogP contribution < -0.4 is 11.1 Å². The topological polar surface area (TPSA) is 105 Å². The van der Waals surface area contributed by atoms with Crippen LogP contribution >= 0.6 is 0 Å². The summed E-state index contributed by atoms with van der Waals surface area (Å²) in [7, 11) is 0. The van der Waals surface area contributed by atoms with E-state index in [0.717, 1.165) is 32.1 Å². The minimum Gasteiger partial charge on any atom is -0.480 e. The molecule has 20 heavy (non-hydrogen) atoms. The SMILES string of the molecule is Nc1cccnc1C(=O)NC(C(=O)O)C1CCCCC1. The molecule has 1 aromatic rings. The minimum atomic E-state index is -1.00. The number of aliphatic carboxylic acids is 1. The Balaban J connectivity index is 2.10. The summed E-state index contributed by atoms with van der Waals surface area (Å²) >= 11 is 0. The number of carbonyl (C=O) groups is 2. The number of carboxylic acid groups (broad SMARTS) is 1. The number of nitrogen functional groups attached to an aromatic ring is 1. The quantitative estimate of drug-likeness (QED) is 0.772. The molecule has 1 aliphatic rings. The van der Waals surface area contributed by atoms with Crippen molar-refractivity contribution < 1.29 is 14.7 Å². The van der Waals surface area contributed by atoms with Gasteiger partial charge < -0.3 is 16.2 Å². The highest BCUT2D eigenvalue weighted by molar-refractivity contribution is 5.99. The Bertz CT molecular complexity index is 498. The predicted molar refractivity (Wildman–Crippen MR) is 74.1 cm³/mol. The van der Waals surface area contributed by atoms with Gasteiger partial charge in [0.05, 0.1) is 5.69 Å². The van der Waals surface area contributed by atoms with E-state index < -0.39 is 17.9 Å². The normalized spacial score (nSPS) is 17.4. The van der Waals surface area contributed by atoms with Crippen LogP contribution in [0.25, 0.3) is 0 Å². The largest absolute Gasteiger partial charge is 0.480 e. The molecule has 1 atom stereocenters. The third-order valence-electron chi connectivity index (χ3n) is 3.73. The first-order chi connectivity index (χ1) is 9.59. The number of hydrogen-bond acceptors (Lipinski definition) is 4. The molecule has 0 aliphatic heterocycles. The Morgan fingerprint density at radius 1 is 1.35 bits per heavy atom. The molecule has 1 heterocycles. The summed E-state index contributed by atoms with van der Waals surface area (Å²) in [6, 6.07) is 2.32. The van der Waals surface area contributed by atoms with Gasteiger partial charge in [0, 0.05) is 6.20 Å². The van der Waals surface area contributed by atoms with Crippen LogP contribution in [0.15, 0.2) is 18.3 Å². The average Bonchev–Trinajstić information content (AvgIpc) is 2.45. The molecule has 6 heteroatoms. The maximum absolute atomic E-state index is 12.1. The highest BCUT2D eigenvalue weighted by atomic mass is 16.4. The van der Waals surface area contributed by atoms with Crippen molar-refractivity contribution in [3.8, 4) is 0 Å². The third kappa shape index (κ3) is 3.26. The minimum absolute atomic E-state index is 0.0184. The van der Waals surface area contributed by atoms with Crippen LogP contribution in [0.5, 0.6) is 0 Å². The number of carboxylic acids is 1. The van der Waals surface area contributed by atoms with E-state index in [1.54, 1.807) is 12.1 Å². The van der Waals surface area contributed by atoms with Crippen LogP contribution in [0, 0.1) is 5.92 Å². The number of rotatable bonds is 4. The van der Waals surface area contributed by atoms with Gasteiger partial charge in [-0.05, 0) is 30.9 Å². The Hall–Kier alpha value is -2.11. The van der Waals surface area contributed by atoms with Gasteiger partial charge in [-0.1, -0.05) is 19.3 Å². The van der Waals surface area contributed by atoms with Crippen LogP contribution in [0.2, 0.25) is 0 Å². The van der Waals surface area contributed by atoms with Crippen molar-refractivity contribution in [2.24, 2.45) is 5.92 Å². The molecular weight excluding hydrogens is 258 g/mol. The Labute approximate surface area is 117 Å². The Kier molecular flexibility index (Phi) is 4.55. The van der Waals surface area contributed by atoms with Crippen LogP contribution in [0.1, 0.15) is 42.6 Å². The molecular formula is C14H19N3O3. The fraction of sp³-hybridized carbons (Fsp3) is 0.500. The molecule has 1 aromatic heterocycles. The summed E-state index contributed by atoms with van der Waals surface area (Å²) in [5, 5.41) is 11.9. The van der Waals surface area contributed by atoms with E-state index in [4.69, 9.17) is 5.73 Å². The third-order valence-corrected chi connectivity index (χ3v) is 3.73. The van der Waals surface area contributed by atoms with Gasteiger partial charge in [0.2, 0.25) is 0 Å². The molecule has 0 bridgehead atoms. The number of carbonyl (C=O) groups excluding carboxylic acids is 1. The number of hydrogen-bond donors (Lipinski definition) is 3. The fourth-order valence-electron chi connectivity index (χ4n) is 2.67. The van der Waals surface area contributed by atoms with E-state index in [-0.39, 0.29) is 17.3 Å². The van der Waals surface area contributed by atoms with Gasteiger partial charge in [0.1, 0.15) is 6.04 Å². The van der Waals surface area contributed by atoms with Gasteiger partial charge >= 0.3 is 5.97 Å². The molecule has 0 radical (unpaired) electrons. The zero-order valence-electron chi connectivity index (χ0n) is 11.2. The smallest absolute Gasteiger partial charge is 0.326 e. The second-order valence-corrected chi connectivity index (χ2v) is 5.13. The second-order valence-electron chi connectivity index (χ2n) is 5.13. The highest BCUT2D eigenvalue weighted by Gasteiger charge is 2.31. The lowest BCUT2D eigenvalue weighted by molar-refractivity contribution is -0.141. The second kappa shape index (κ2) is 6.36. The molecule has 1 fully saturated rings. The summed E-state index contributed by atoms with van der Waals surface area (Å²) < 4.78 is 0.